The molecule has 0 saturated heterocycles. The van der Waals surface area contributed by atoms with Gasteiger partial charge >= 0.3 is 0 Å². The van der Waals surface area contributed by atoms with Crippen molar-refractivity contribution in [3.05, 3.63) is 48.2 Å². The molecule has 92 valence electrons. The topological polar surface area (TPSA) is 24.4 Å². The first-order valence-electron chi connectivity index (χ1n) is 6.01. The predicted molar refractivity (Wildman–Crippen MR) is 75.7 cm³/mol. The Balaban J connectivity index is 3.21. The highest BCUT2D eigenvalue weighted by Gasteiger charge is 2.14. The van der Waals surface area contributed by atoms with Gasteiger partial charge in [0.15, 0.2) is 0 Å². The molecule has 0 radical (unpaired) electrons. The Bertz CT molecular complexity index is 409. The molecule has 0 spiro atoms. The molecule has 0 aliphatic carbocycles. The molecule has 1 aliphatic heterocycles. The maximum Gasteiger partial charge on any atom is 0.0519 e. The van der Waals surface area contributed by atoms with Gasteiger partial charge in [-0.05, 0) is 24.0 Å². The smallest absolute Gasteiger partial charge is 0.0519 e. The molecule has 0 aromatic heterocycles. The molecule has 2 nitrogen and oxygen atoms in total. The molecule has 1 rings (SSSR count). The first-order valence-corrected chi connectivity index (χ1v) is 6.01. The average molecular weight is 230 g/mol. The van der Waals surface area contributed by atoms with E-state index in [-0.39, 0.29) is 0 Å². The van der Waals surface area contributed by atoms with Crippen molar-refractivity contribution >= 4 is 5.71 Å². The van der Waals surface area contributed by atoms with Gasteiger partial charge in [-0.1, -0.05) is 52.2 Å². The van der Waals surface area contributed by atoms with Gasteiger partial charge in [0.2, 0.25) is 0 Å². The van der Waals surface area contributed by atoms with Gasteiger partial charge in [-0.2, -0.15) is 5.10 Å². The summed E-state index contributed by atoms with van der Waals surface area (Å²) in [5.74, 6) is 0.705. The number of hydrogen-bond donors (Lipinski definition) is 1. The number of nitrogens with zero attached hydrogens (tertiary/aromatic N) is 1. The lowest BCUT2D eigenvalue weighted by Gasteiger charge is -2.15. The van der Waals surface area contributed by atoms with E-state index in [4.69, 9.17) is 0 Å². The zero-order valence-corrected chi connectivity index (χ0v) is 11.2. The number of allylic oxidation sites excluding steroid dienone is 5. The molecule has 0 fully saturated rings. The SMILES string of the molecule is C=CC1=CC(C)/C(C(C)C)=N\NC(=C)C(C)=C1. The summed E-state index contributed by atoms with van der Waals surface area (Å²) in [6.07, 6.45) is 6.14. The summed E-state index contributed by atoms with van der Waals surface area (Å²) in [7, 11) is 0. The predicted octanol–water partition coefficient (Wildman–Crippen LogP) is 3.81. The number of rotatable bonds is 2. The van der Waals surface area contributed by atoms with Crippen LogP contribution < -0.4 is 5.43 Å². The standard InChI is InChI=1S/C15H22N2/c1-7-14-8-11(4)13(6)16-17-15(10(2)3)12(5)9-14/h7-10,12,16H,1,6H2,2-5H3/b11-8?,14-9?,17-15-. The minimum Gasteiger partial charge on any atom is -0.279 e. The second kappa shape index (κ2) is 5.67. The highest BCUT2D eigenvalue weighted by molar-refractivity contribution is 5.89. The van der Waals surface area contributed by atoms with E-state index in [0.29, 0.717) is 11.8 Å². The Morgan fingerprint density at radius 1 is 1.47 bits per heavy atom. The minimum atomic E-state index is 0.297. The van der Waals surface area contributed by atoms with E-state index in [1.807, 2.05) is 13.0 Å². The third kappa shape index (κ3) is 3.45. The van der Waals surface area contributed by atoms with E-state index in [1.165, 1.54) is 0 Å². The molecule has 1 unspecified atom stereocenters. The second-order valence-corrected chi connectivity index (χ2v) is 4.77. The molecular formula is C15H22N2. The van der Waals surface area contributed by atoms with Gasteiger partial charge in [-0.15, -0.1) is 0 Å². The fourth-order valence-corrected chi connectivity index (χ4v) is 1.86. The fourth-order valence-electron chi connectivity index (χ4n) is 1.86. The molecule has 1 heterocycles. The van der Waals surface area contributed by atoms with Crippen LogP contribution in [0.1, 0.15) is 27.7 Å². The van der Waals surface area contributed by atoms with Crippen molar-refractivity contribution in [1.82, 2.24) is 5.43 Å². The van der Waals surface area contributed by atoms with Crippen LogP contribution in [0.25, 0.3) is 0 Å². The van der Waals surface area contributed by atoms with Crippen molar-refractivity contribution in [3.8, 4) is 0 Å². The van der Waals surface area contributed by atoms with Gasteiger partial charge in [0.1, 0.15) is 0 Å². The zero-order valence-electron chi connectivity index (χ0n) is 11.2. The molecule has 17 heavy (non-hydrogen) atoms. The minimum absolute atomic E-state index is 0.297. The molecule has 1 atom stereocenters. The van der Waals surface area contributed by atoms with Gasteiger partial charge in [0.25, 0.3) is 0 Å². The molecule has 0 aromatic rings. The van der Waals surface area contributed by atoms with Crippen LogP contribution >= 0.6 is 0 Å². The zero-order chi connectivity index (χ0) is 13.0. The lowest BCUT2D eigenvalue weighted by molar-refractivity contribution is 0.768. The lowest BCUT2D eigenvalue weighted by atomic mass is 9.93. The molecule has 0 aromatic carbocycles. The van der Waals surface area contributed by atoms with Gasteiger partial charge in [-0.3, -0.25) is 5.43 Å². The summed E-state index contributed by atoms with van der Waals surface area (Å²) >= 11 is 0. The Kier molecular flexibility index (Phi) is 4.50. The number of hydrogen-bond acceptors (Lipinski definition) is 2. The van der Waals surface area contributed by atoms with E-state index < -0.39 is 0 Å². The van der Waals surface area contributed by atoms with Crippen molar-refractivity contribution in [2.45, 2.75) is 27.7 Å². The molecule has 2 heteroatoms. The summed E-state index contributed by atoms with van der Waals surface area (Å²) in [6.45, 7) is 16.3. The van der Waals surface area contributed by atoms with Crippen LogP contribution in [0.3, 0.4) is 0 Å². The van der Waals surface area contributed by atoms with Crippen molar-refractivity contribution in [2.75, 3.05) is 0 Å². The van der Waals surface area contributed by atoms with E-state index >= 15 is 0 Å². The van der Waals surface area contributed by atoms with Crippen LogP contribution in [0.2, 0.25) is 0 Å². The maximum absolute atomic E-state index is 4.47. The summed E-state index contributed by atoms with van der Waals surface area (Å²) in [5.41, 5.74) is 7.21. The molecule has 0 amide bonds. The Labute approximate surface area is 104 Å². The molecule has 0 bridgehead atoms. The quantitative estimate of drug-likeness (QED) is 0.766. The highest BCUT2D eigenvalue weighted by atomic mass is 15.3. The molecule has 1 aliphatic rings. The Morgan fingerprint density at radius 2 is 2.12 bits per heavy atom. The van der Waals surface area contributed by atoms with Gasteiger partial charge in [0, 0.05) is 11.6 Å². The molecule has 1 N–H and O–H groups in total. The Morgan fingerprint density at radius 3 is 2.65 bits per heavy atom. The van der Waals surface area contributed by atoms with E-state index in [1.54, 1.807) is 0 Å². The van der Waals surface area contributed by atoms with Crippen LogP contribution in [-0.2, 0) is 0 Å². The van der Waals surface area contributed by atoms with Gasteiger partial charge < -0.3 is 0 Å². The summed E-state index contributed by atoms with van der Waals surface area (Å²) in [6, 6.07) is 0. The normalized spacial score (nSPS) is 24.6. The second-order valence-electron chi connectivity index (χ2n) is 4.77. The lowest BCUT2D eigenvalue weighted by Crippen LogP contribution is -2.20. The third-order valence-electron chi connectivity index (χ3n) is 2.92. The van der Waals surface area contributed by atoms with Crippen LogP contribution in [0.5, 0.6) is 0 Å². The highest BCUT2D eigenvalue weighted by Crippen LogP contribution is 2.18. The first kappa shape index (κ1) is 13.5. The molecule has 0 saturated carbocycles. The van der Waals surface area contributed by atoms with Crippen LogP contribution in [0.15, 0.2) is 53.3 Å². The summed E-state index contributed by atoms with van der Waals surface area (Å²) in [4.78, 5) is 0. The summed E-state index contributed by atoms with van der Waals surface area (Å²) in [5, 5.41) is 4.47. The van der Waals surface area contributed by atoms with Crippen LogP contribution in [0.4, 0.5) is 0 Å². The van der Waals surface area contributed by atoms with Crippen molar-refractivity contribution in [3.63, 3.8) is 0 Å². The van der Waals surface area contributed by atoms with Crippen LogP contribution in [0, 0.1) is 11.8 Å². The monoisotopic (exact) mass is 230 g/mol. The summed E-state index contributed by atoms with van der Waals surface area (Å²) < 4.78 is 0. The van der Waals surface area contributed by atoms with E-state index in [0.717, 1.165) is 22.6 Å². The van der Waals surface area contributed by atoms with Gasteiger partial charge in [0.05, 0.1) is 5.70 Å². The maximum atomic E-state index is 4.47. The largest absolute Gasteiger partial charge is 0.279 e. The Hall–Kier alpha value is -1.57. The average Bonchev–Trinajstić information content (AvgIpc) is 2.30. The van der Waals surface area contributed by atoms with Gasteiger partial charge in [-0.25, -0.2) is 0 Å². The van der Waals surface area contributed by atoms with Crippen molar-refractivity contribution < 1.29 is 0 Å². The first-order chi connectivity index (χ1) is 7.95. The molecular weight excluding hydrogens is 208 g/mol. The third-order valence-corrected chi connectivity index (χ3v) is 2.92. The van der Waals surface area contributed by atoms with E-state index in [2.05, 4.69) is 56.6 Å². The van der Waals surface area contributed by atoms with E-state index in [9.17, 15) is 0 Å². The number of nitrogens with one attached hydrogen (secondary N) is 1. The van der Waals surface area contributed by atoms with Crippen LogP contribution in [-0.4, -0.2) is 5.71 Å². The van der Waals surface area contributed by atoms with Crippen molar-refractivity contribution in [1.29, 1.82) is 0 Å². The number of hydrazone groups is 1. The van der Waals surface area contributed by atoms with Crippen molar-refractivity contribution in [2.24, 2.45) is 16.9 Å². The fraction of sp³-hybridized carbons (Fsp3) is 0.400.